The number of hydrogen-bond acceptors (Lipinski definition) is 2. The van der Waals surface area contributed by atoms with Crippen molar-refractivity contribution in [3.05, 3.63) is 36.0 Å². The fourth-order valence-corrected chi connectivity index (χ4v) is 1.79. The van der Waals surface area contributed by atoms with Crippen LogP contribution in [-0.4, -0.2) is 18.2 Å². The summed E-state index contributed by atoms with van der Waals surface area (Å²) >= 11 is 0. The number of alkyl carbamates (subject to hydrolysis) is 1. The molecule has 0 saturated carbocycles. The first kappa shape index (κ1) is 14.6. The quantitative estimate of drug-likeness (QED) is 0.812. The van der Waals surface area contributed by atoms with Crippen LogP contribution in [-0.2, 0) is 4.74 Å². The molecule has 1 N–H and O–H groups in total. The largest absolute Gasteiger partial charge is 0.444 e. The van der Waals surface area contributed by atoms with E-state index in [1.54, 1.807) is 0 Å². The Labute approximate surface area is 110 Å². The molecule has 1 rings (SSSR count). The molecule has 1 aliphatic carbocycles. The topological polar surface area (TPSA) is 38.3 Å². The molecule has 0 heterocycles. The fraction of sp³-hybridized carbons (Fsp3) is 0.533. The maximum Gasteiger partial charge on any atom is 0.407 e. The smallest absolute Gasteiger partial charge is 0.407 e. The van der Waals surface area contributed by atoms with Crippen LogP contribution >= 0.6 is 0 Å². The summed E-state index contributed by atoms with van der Waals surface area (Å²) in [7, 11) is 0. The van der Waals surface area contributed by atoms with Gasteiger partial charge in [-0.1, -0.05) is 42.9 Å². The zero-order valence-corrected chi connectivity index (χ0v) is 11.9. The zero-order chi connectivity index (χ0) is 13.8. The van der Waals surface area contributed by atoms with Gasteiger partial charge in [0.25, 0.3) is 0 Å². The van der Waals surface area contributed by atoms with Gasteiger partial charge < -0.3 is 10.1 Å². The lowest BCUT2D eigenvalue weighted by Crippen LogP contribution is -2.37. The van der Waals surface area contributed by atoms with E-state index in [1.165, 1.54) is 5.57 Å². The van der Waals surface area contributed by atoms with Crippen LogP contribution in [0.25, 0.3) is 0 Å². The molecule has 0 aliphatic heterocycles. The van der Waals surface area contributed by atoms with Crippen LogP contribution in [0.3, 0.4) is 0 Å². The van der Waals surface area contributed by atoms with Crippen molar-refractivity contribution < 1.29 is 9.53 Å². The maximum absolute atomic E-state index is 11.6. The molecule has 0 bridgehead atoms. The molecule has 0 spiro atoms. The molecule has 100 valence electrons. The van der Waals surface area contributed by atoms with Gasteiger partial charge in [0.05, 0.1) is 0 Å². The highest BCUT2D eigenvalue weighted by atomic mass is 16.6. The second-order valence-corrected chi connectivity index (χ2v) is 5.97. The number of hydrogen-bond donors (Lipinski definition) is 1. The number of carbonyl (C=O) groups is 1. The van der Waals surface area contributed by atoms with Gasteiger partial charge in [-0.15, -0.1) is 0 Å². The van der Waals surface area contributed by atoms with Crippen molar-refractivity contribution in [1.82, 2.24) is 5.32 Å². The van der Waals surface area contributed by atoms with Crippen molar-refractivity contribution in [2.45, 2.75) is 40.2 Å². The predicted molar refractivity (Wildman–Crippen MR) is 74.4 cm³/mol. The maximum atomic E-state index is 11.6. The Bertz CT molecular complexity index is 399. The van der Waals surface area contributed by atoms with E-state index in [9.17, 15) is 4.79 Å². The Kier molecular flexibility index (Phi) is 4.38. The van der Waals surface area contributed by atoms with Gasteiger partial charge >= 0.3 is 6.09 Å². The third kappa shape index (κ3) is 5.21. The van der Waals surface area contributed by atoms with Crippen molar-refractivity contribution in [3.63, 3.8) is 0 Å². The lowest BCUT2D eigenvalue weighted by molar-refractivity contribution is 0.0517. The minimum absolute atomic E-state index is 0.176. The average Bonchev–Trinajstić information content (AvgIpc) is 2.35. The molecule has 0 fully saturated rings. The van der Waals surface area contributed by atoms with E-state index in [-0.39, 0.29) is 11.5 Å². The van der Waals surface area contributed by atoms with E-state index < -0.39 is 5.60 Å². The van der Waals surface area contributed by atoms with Crippen molar-refractivity contribution in [3.8, 4) is 0 Å². The number of allylic oxidation sites excluding steroid dienone is 4. The van der Waals surface area contributed by atoms with Crippen LogP contribution in [0, 0.1) is 5.41 Å². The summed E-state index contributed by atoms with van der Waals surface area (Å²) in [4.78, 5) is 11.6. The Balaban J connectivity index is 2.57. The van der Waals surface area contributed by atoms with Gasteiger partial charge in [0.15, 0.2) is 0 Å². The Morgan fingerprint density at radius 3 is 2.67 bits per heavy atom. The summed E-state index contributed by atoms with van der Waals surface area (Å²) < 4.78 is 5.22. The average molecular weight is 249 g/mol. The number of ether oxygens (including phenoxy) is 1. The Morgan fingerprint density at radius 2 is 2.06 bits per heavy atom. The van der Waals surface area contributed by atoms with E-state index >= 15 is 0 Å². The highest BCUT2D eigenvalue weighted by Gasteiger charge is 2.22. The monoisotopic (exact) mass is 249 g/mol. The third-order valence-corrected chi connectivity index (χ3v) is 2.52. The van der Waals surface area contributed by atoms with Crippen LogP contribution < -0.4 is 5.32 Å². The SMILES string of the molecule is CC1=CC(C)(CNC(=O)OC(C)(C)C)C=CC=C1. The van der Waals surface area contributed by atoms with Gasteiger partial charge in [0.1, 0.15) is 5.60 Å². The summed E-state index contributed by atoms with van der Waals surface area (Å²) in [6.45, 7) is 10.2. The van der Waals surface area contributed by atoms with Gasteiger partial charge in [-0.3, -0.25) is 0 Å². The second kappa shape index (κ2) is 5.42. The van der Waals surface area contributed by atoms with Gasteiger partial charge in [-0.25, -0.2) is 4.79 Å². The number of amides is 1. The Hall–Kier alpha value is -1.51. The molecule has 0 aromatic rings. The predicted octanol–water partition coefficient (Wildman–Crippen LogP) is 3.59. The van der Waals surface area contributed by atoms with Gasteiger partial charge in [-0.2, -0.15) is 0 Å². The van der Waals surface area contributed by atoms with Gasteiger partial charge in [0, 0.05) is 12.0 Å². The highest BCUT2D eigenvalue weighted by molar-refractivity contribution is 5.67. The molecule has 3 nitrogen and oxygen atoms in total. The van der Waals surface area contributed by atoms with Crippen LogP contribution in [0.15, 0.2) is 36.0 Å². The minimum atomic E-state index is -0.461. The van der Waals surface area contributed by atoms with Crippen LogP contribution in [0.2, 0.25) is 0 Å². The van der Waals surface area contributed by atoms with Crippen LogP contribution in [0.5, 0.6) is 0 Å². The summed E-state index contributed by atoms with van der Waals surface area (Å²) in [5.41, 5.74) is 0.552. The van der Waals surface area contributed by atoms with Gasteiger partial charge in [0.2, 0.25) is 0 Å². The zero-order valence-electron chi connectivity index (χ0n) is 11.9. The first-order chi connectivity index (χ1) is 8.20. The molecule has 1 amide bonds. The molecular weight excluding hydrogens is 226 g/mol. The molecule has 1 atom stereocenters. The summed E-state index contributed by atoms with van der Waals surface area (Å²) in [6, 6.07) is 0. The highest BCUT2D eigenvalue weighted by Crippen LogP contribution is 2.24. The normalized spacial score (nSPS) is 23.3. The van der Waals surface area contributed by atoms with Crippen LogP contribution in [0.4, 0.5) is 4.79 Å². The van der Waals surface area contributed by atoms with Crippen molar-refractivity contribution >= 4 is 6.09 Å². The van der Waals surface area contributed by atoms with E-state index in [0.717, 1.165) is 0 Å². The number of nitrogens with one attached hydrogen (secondary N) is 1. The molecule has 0 aromatic heterocycles. The van der Waals surface area contributed by atoms with E-state index in [4.69, 9.17) is 4.74 Å². The van der Waals surface area contributed by atoms with E-state index in [2.05, 4.69) is 37.4 Å². The van der Waals surface area contributed by atoms with E-state index in [1.807, 2.05) is 32.9 Å². The summed E-state index contributed by atoms with van der Waals surface area (Å²) in [5.74, 6) is 0. The third-order valence-electron chi connectivity index (χ3n) is 2.52. The van der Waals surface area contributed by atoms with Crippen molar-refractivity contribution in [2.75, 3.05) is 6.54 Å². The second-order valence-electron chi connectivity index (χ2n) is 5.97. The molecule has 0 radical (unpaired) electrons. The Morgan fingerprint density at radius 1 is 1.39 bits per heavy atom. The molecule has 0 saturated heterocycles. The van der Waals surface area contributed by atoms with Crippen LogP contribution in [0.1, 0.15) is 34.6 Å². The molecular formula is C15H23NO2. The summed E-state index contributed by atoms with van der Waals surface area (Å²) in [6.07, 6.45) is 9.91. The molecule has 1 aliphatic rings. The minimum Gasteiger partial charge on any atom is -0.444 e. The molecule has 0 aromatic carbocycles. The first-order valence-electron chi connectivity index (χ1n) is 6.22. The molecule has 1 unspecified atom stereocenters. The standard InChI is InChI=1S/C15H23NO2/c1-12-8-6-7-9-15(5,10-12)11-16-13(17)18-14(2,3)4/h6-10H,11H2,1-5H3,(H,16,17). The summed E-state index contributed by atoms with van der Waals surface area (Å²) in [5, 5.41) is 2.81. The number of carbonyl (C=O) groups excluding carboxylic acids is 1. The lowest BCUT2D eigenvalue weighted by Gasteiger charge is -2.25. The fourth-order valence-electron chi connectivity index (χ4n) is 1.79. The van der Waals surface area contributed by atoms with Gasteiger partial charge in [-0.05, 0) is 27.7 Å². The lowest BCUT2D eigenvalue weighted by atomic mass is 9.88. The van der Waals surface area contributed by atoms with Crippen molar-refractivity contribution in [1.29, 1.82) is 0 Å². The van der Waals surface area contributed by atoms with Crippen molar-refractivity contribution in [2.24, 2.45) is 5.41 Å². The van der Waals surface area contributed by atoms with E-state index in [0.29, 0.717) is 6.54 Å². The number of rotatable bonds is 2. The molecule has 3 heteroatoms. The first-order valence-corrected chi connectivity index (χ1v) is 6.22. The molecule has 18 heavy (non-hydrogen) atoms.